The summed E-state index contributed by atoms with van der Waals surface area (Å²) in [7, 11) is 1.56. The lowest BCUT2D eigenvalue weighted by Gasteiger charge is -2.21. The minimum atomic E-state index is -1.22. The van der Waals surface area contributed by atoms with E-state index < -0.39 is 17.5 Å². The summed E-state index contributed by atoms with van der Waals surface area (Å²) < 4.78 is 7.53. The van der Waals surface area contributed by atoms with Gasteiger partial charge in [-0.25, -0.2) is 4.79 Å². The maximum Gasteiger partial charge on any atom is 0.346 e. The summed E-state index contributed by atoms with van der Waals surface area (Å²) in [5, 5.41) is 10.2. The van der Waals surface area contributed by atoms with Crippen LogP contribution in [-0.2, 0) is 16.9 Å². The van der Waals surface area contributed by atoms with Crippen LogP contribution in [0.5, 0.6) is 5.75 Å². The summed E-state index contributed by atoms with van der Waals surface area (Å²) in [6.45, 7) is 4.66. The Morgan fingerprint density at radius 2 is 1.79 bits per heavy atom. The van der Waals surface area contributed by atoms with Crippen LogP contribution in [0.15, 0.2) is 71.8 Å². The van der Waals surface area contributed by atoms with E-state index in [0.29, 0.717) is 11.3 Å². The lowest BCUT2D eigenvalue weighted by Crippen LogP contribution is -2.40. The Morgan fingerprint density at radius 1 is 1.00 bits per heavy atom. The average molecular weight is 441 g/mol. The number of rotatable bonds is 5. The van der Waals surface area contributed by atoms with Crippen LogP contribution in [0.4, 0.5) is 4.79 Å². The Kier molecular flexibility index (Phi) is 4.89. The number of nitrogens with zero attached hydrogens (tertiary/aromatic N) is 3. The van der Waals surface area contributed by atoms with Gasteiger partial charge in [0.2, 0.25) is 0 Å². The second kappa shape index (κ2) is 7.78. The van der Waals surface area contributed by atoms with Gasteiger partial charge in [-0.3, -0.25) is 4.79 Å². The van der Waals surface area contributed by atoms with Crippen LogP contribution in [0.25, 0.3) is 21.8 Å². The van der Waals surface area contributed by atoms with Crippen molar-refractivity contribution in [3.05, 3.63) is 77.9 Å². The molecule has 1 saturated heterocycles. The second-order valence-electron chi connectivity index (χ2n) is 8.19. The monoisotopic (exact) mass is 440 g/mol. The van der Waals surface area contributed by atoms with Crippen molar-refractivity contribution >= 4 is 40.0 Å². The number of nitrogens with one attached hydrogen (secondary N) is 1. The molecule has 0 radical (unpaired) electrons. The van der Waals surface area contributed by atoms with Gasteiger partial charge >= 0.3 is 6.03 Å². The Labute approximate surface area is 191 Å². The number of benzene rings is 3. The van der Waals surface area contributed by atoms with Crippen molar-refractivity contribution in [2.75, 3.05) is 7.11 Å². The van der Waals surface area contributed by atoms with E-state index in [2.05, 4.69) is 34.0 Å². The predicted molar refractivity (Wildman–Crippen MR) is 128 cm³/mol. The molecule has 0 spiro atoms. The molecule has 3 amide bonds. The van der Waals surface area contributed by atoms with Gasteiger partial charge in [0, 0.05) is 28.4 Å². The number of aryl methyl sites for hydroxylation is 1. The highest BCUT2D eigenvalue weighted by atomic mass is 16.5. The summed E-state index contributed by atoms with van der Waals surface area (Å²) >= 11 is 0. The fraction of sp³-hybridized carbons (Fsp3) is 0.192. The topological polar surface area (TPSA) is 75.9 Å². The maximum atomic E-state index is 13.2. The molecule has 1 N–H and O–H groups in total. The van der Waals surface area contributed by atoms with Gasteiger partial charge in [0.05, 0.1) is 13.3 Å². The first-order valence-corrected chi connectivity index (χ1v) is 10.8. The molecule has 1 aliphatic heterocycles. The predicted octanol–water partition coefficient (Wildman–Crippen LogP) is 4.62. The first-order chi connectivity index (χ1) is 16.0. The van der Waals surface area contributed by atoms with Crippen molar-refractivity contribution in [2.24, 2.45) is 5.10 Å². The van der Waals surface area contributed by atoms with E-state index in [1.807, 2.05) is 30.3 Å². The molecule has 1 atom stereocenters. The molecule has 4 aromatic rings. The molecule has 5 rings (SSSR count). The fourth-order valence-corrected chi connectivity index (χ4v) is 4.48. The molecule has 3 aromatic carbocycles. The van der Waals surface area contributed by atoms with Crippen molar-refractivity contribution < 1.29 is 14.3 Å². The standard InChI is InChI=1S/C26H24N4O3/c1-4-29-22-11-6-5-10-20(22)21-14-17(12-13-23(21)29)16-27-30-24(31)26(2,28-25(30)32)18-8-7-9-19(15-18)33-3/h5-16H,4H2,1-3H3,(H,28,32). The van der Waals surface area contributed by atoms with Crippen LogP contribution < -0.4 is 10.1 Å². The number of carbonyl (C=O) groups is 2. The number of para-hydroxylation sites is 1. The number of carbonyl (C=O) groups excluding carboxylic acids is 2. The third-order valence-electron chi connectivity index (χ3n) is 6.25. The molecule has 1 aromatic heterocycles. The molecular formula is C26H24N4O3. The van der Waals surface area contributed by atoms with Crippen molar-refractivity contribution in [1.29, 1.82) is 0 Å². The molecule has 2 heterocycles. The highest BCUT2D eigenvalue weighted by Gasteiger charge is 2.49. The Bertz CT molecular complexity index is 1440. The number of hydrogen-bond donors (Lipinski definition) is 1. The molecule has 0 bridgehead atoms. The van der Waals surface area contributed by atoms with E-state index in [9.17, 15) is 9.59 Å². The van der Waals surface area contributed by atoms with E-state index in [0.717, 1.165) is 33.4 Å². The number of hydrogen-bond acceptors (Lipinski definition) is 4. The van der Waals surface area contributed by atoms with Crippen LogP contribution in [0.2, 0.25) is 0 Å². The van der Waals surface area contributed by atoms with Crippen LogP contribution in [-0.4, -0.2) is 34.8 Å². The van der Waals surface area contributed by atoms with E-state index in [-0.39, 0.29) is 0 Å². The van der Waals surface area contributed by atoms with Crippen LogP contribution in [0.1, 0.15) is 25.0 Å². The SMILES string of the molecule is CCn1c2ccccc2c2cc(C=NN3C(=O)NC(C)(c4cccc(OC)c4)C3=O)ccc21. The second-order valence-corrected chi connectivity index (χ2v) is 8.19. The summed E-state index contributed by atoms with van der Waals surface area (Å²) in [4.78, 5) is 25.8. The maximum absolute atomic E-state index is 13.2. The average Bonchev–Trinajstić information content (AvgIpc) is 3.28. The van der Waals surface area contributed by atoms with Gasteiger partial charge in [-0.1, -0.05) is 36.4 Å². The Hall–Kier alpha value is -4.13. The Morgan fingerprint density at radius 3 is 2.58 bits per heavy atom. The van der Waals surface area contributed by atoms with Gasteiger partial charge in [-0.2, -0.15) is 5.10 Å². The number of fused-ring (bicyclic) bond motifs is 3. The lowest BCUT2D eigenvalue weighted by atomic mass is 9.92. The quantitative estimate of drug-likeness (QED) is 0.363. The largest absolute Gasteiger partial charge is 0.497 e. The van der Waals surface area contributed by atoms with Crippen molar-refractivity contribution in [3.63, 3.8) is 0 Å². The smallest absolute Gasteiger partial charge is 0.346 e. The minimum Gasteiger partial charge on any atom is -0.497 e. The Balaban J connectivity index is 1.48. The molecule has 7 nitrogen and oxygen atoms in total. The molecule has 33 heavy (non-hydrogen) atoms. The van der Waals surface area contributed by atoms with Gasteiger partial charge in [-0.05, 0) is 55.3 Å². The summed E-state index contributed by atoms with van der Waals surface area (Å²) in [6, 6.07) is 20.8. The molecule has 1 unspecified atom stereocenters. The van der Waals surface area contributed by atoms with E-state index in [1.165, 1.54) is 5.52 Å². The summed E-state index contributed by atoms with van der Waals surface area (Å²) in [5.74, 6) is 0.165. The van der Waals surface area contributed by atoms with Crippen LogP contribution in [0, 0.1) is 0 Å². The van der Waals surface area contributed by atoms with Gasteiger partial charge in [0.1, 0.15) is 11.3 Å². The van der Waals surface area contributed by atoms with E-state index in [4.69, 9.17) is 4.74 Å². The third-order valence-corrected chi connectivity index (χ3v) is 6.25. The van der Waals surface area contributed by atoms with Crippen LogP contribution in [0.3, 0.4) is 0 Å². The van der Waals surface area contributed by atoms with Gasteiger partial charge in [0.25, 0.3) is 5.91 Å². The molecule has 7 heteroatoms. The molecule has 1 fully saturated rings. The number of ether oxygens (including phenoxy) is 1. The number of aromatic nitrogens is 1. The third kappa shape index (κ3) is 3.24. The van der Waals surface area contributed by atoms with Gasteiger partial charge < -0.3 is 14.6 Å². The first kappa shape index (κ1) is 20.8. The van der Waals surface area contributed by atoms with Gasteiger partial charge in [-0.15, -0.1) is 5.01 Å². The fourth-order valence-electron chi connectivity index (χ4n) is 4.48. The van der Waals surface area contributed by atoms with E-state index in [1.54, 1.807) is 44.5 Å². The number of amides is 3. The highest BCUT2D eigenvalue weighted by Crippen LogP contribution is 2.32. The molecule has 0 aliphatic carbocycles. The molecule has 166 valence electrons. The number of methoxy groups -OCH3 is 1. The zero-order valence-corrected chi connectivity index (χ0v) is 18.7. The summed E-state index contributed by atoms with van der Waals surface area (Å²) in [5.41, 5.74) is 2.52. The minimum absolute atomic E-state index is 0.444. The molecular weight excluding hydrogens is 416 g/mol. The molecule has 1 aliphatic rings. The zero-order valence-electron chi connectivity index (χ0n) is 18.7. The zero-order chi connectivity index (χ0) is 23.2. The van der Waals surface area contributed by atoms with Crippen molar-refractivity contribution in [2.45, 2.75) is 25.9 Å². The van der Waals surface area contributed by atoms with Crippen LogP contribution >= 0.6 is 0 Å². The summed E-state index contributed by atoms with van der Waals surface area (Å²) in [6.07, 6.45) is 1.55. The number of urea groups is 1. The van der Waals surface area contributed by atoms with Gasteiger partial charge in [0.15, 0.2) is 0 Å². The number of hydrazone groups is 1. The number of imide groups is 1. The van der Waals surface area contributed by atoms with Crippen molar-refractivity contribution in [1.82, 2.24) is 14.9 Å². The molecule has 0 saturated carbocycles. The first-order valence-electron chi connectivity index (χ1n) is 10.8. The van der Waals surface area contributed by atoms with Crippen molar-refractivity contribution in [3.8, 4) is 5.75 Å². The normalized spacial score (nSPS) is 18.6. The van der Waals surface area contributed by atoms with E-state index >= 15 is 0 Å². The highest BCUT2D eigenvalue weighted by molar-refractivity contribution is 6.10. The lowest BCUT2D eigenvalue weighted by molar-refractivity contribution is -0.131.